The molecule has 1 heterocycles. The highest BCUT2D eigenvalue weighted by Crippen LogP contribution is 2.14. The van der Waals surface area contributed by atoms with E-state index in [4.69, 9.17) is 0 Å². The molecule has 0 saturated heterocycles. The first-order valence-corrected chi connectivity index (χ1v) is 7.95. The summed E-state index contributed by atoms with van der Waals surface area (Å²) in [5, 5.41) is 5.87. The second-order valence-corrected chi connectivity index (χ2v) is 5.96. The van der Waals surface area contributed by atoms with Gasteiger partial charge in [0.05, 0.1) is 0 Å². The van der Waals surface area contributed by atoms with Gasteiger partial charge in [-0.25, -0.2) is 9.97 Å². The average molecular weight is 326 g/mol. The maximum Gasteiger partial charge on any atom is 0.270 e. The van der Waals surface area contributed by atoms with Gasteiger partial charge in [0.25, 0.3) is 5.91 Å². The number of ketones is 1. The van der Waals surface area contributed by atoms with Crippen molar-refractivity contribution in [2.24, 2.45) is 5.92 Å². The Hall–Kier alpha value is -2.76. The highest BCUT2D eigenvalue weighted by Gasteiger charge is 2.09. The molecule has 6 heteroatoms. The van der Waals surface area contributed by atoms with Crippen LogP contribution in [0.5, 0.6) is 0 Å². The predicted octanol–water partition coefficient (Wildman–Crippen LogP) is 3.20. The van der Waals surface area contributed by atoms with Gasteiger partial charge in [0, 0.05) is 24.0 Å². The highest BCUT2D eigenvalue weighted by molar-refractivity contribution is 5.94. The molecule has 0 bridgehead atoms. The molecule has 6 nitrogen and oxygen atoms in total. The zero-order chi connectivity index (χ0) is 17.5. The van der Waals surface area contributed by atoms with E-state index >= 15 is 0 Å². The first-order chi connectivity index (χ1) is 11.5. The topological polar surface area (TPSA) is 84.0 Å². The van der Waals surface area contributed by atoms with E-state index in [-0.39, 0.29) is 11.7 Å². The predicted molar refractivity (Wildman–Crippen MR) is 93.5 cm³/mol. The van der Waals surface area contributed by atoms with Crippen molar-refractivity contribution >= 4 is 23.3 Å². The van der Waals surface area contributed by atoms with Gasteiger partial charge in [-0.15, -0.1) is 0 Å². The molecule has 2 rings (SSSR count). The second kappa shape index (κ2) is 8.19. The zero-order valence-electron chi connectivity index (χ0n) is 14.2. The minimum atomic E-state index is -0.215. The summed E-state index contributed by atoms with van der Waals surface area (Å²) in [5.41, 5.74) is 1.70. The van der Waals surface area contributed by atoms with Gasteiger partial charge in [-0.05, 0) is 49.6 Å². The van der Waals surface area contributed by atoms with Crippen LogP contribution in [0.2, 0.25) is 0 Å². The van der Waals surface area contributed by atoms with Crippen molar-refractivity contribution in [3.05, 3.63) is 47.8 Å². The SMILES string of the molecule is CC(=O)c1ccc(Nc2nccc(C(=O)NCCC(C)C)n2)cc1. The number of anilines is 2. The van der Waals surface area contributed by atoms with Crippen molar-refractivity contribution in [3.8, 4) is 0 Å². The van der Waals surface area contributed by atoms with Crippen LogP contribution in [0.1, 0.15) is 48.0 Å². The number of rotatable bonds is 7. The molecule has 0 fully saturated rings. The molecule has 0 radical (unpaired) electrons. The fourth-order valence-electron chi connectivity index (χ4n) is 2.03. The summed E-state index contributed by atoms with van der Waals surface area (Å²) in [6, 6.07) is 8.58. The largest absolute Gasteiger partial charge is 0.351 e. The standard InChI is InChI=1S/C18H22N4O2/c1-12(2)8-10-19-17(24)16-9-11-20-18(22-16)21-15-6-4-14(5-7-15)13(3)23/h4-7,9,11-12H,8,10H2,1-3H3,(H,19,24)(H,20,21,22). The van der Waals surface area contributed by atoms with Crippen molar-refractivity contribution in [1.82, 2.24) is 15.3 Å². The van der Waals surface area contributed by atoms with Crippen molar-refractivity contribution in [2.75, 3.05) is 11.9 Å². The molecule has 0 unspecified atom stereocenters. The van der Waals surface area contributed by atoms with Crippen LogP contribution in [-0.2, 0) is 0 Å². The van der Waals surface area contributed by atoms with Gasteiger partial charge < -0.3 is 10.6 Å². The Morgan fingerprint density at radius 3 is 2.46 bits per heavy atom. The van der Waals surface area contributed by atoms with E-state index in [1.165, 1.54) is 13.1 Å². The third-order valence-corrected chi connectivity index (χ3v) is 3.44. The van der Waals surface area contributed by atoms with E-state index in [0.29, 0.717) is 29.7 Å². The number of nitrogens with one attached hydrogen (secondary N) is 2. The lowest BCUT2D eigenvalue weighted by Gasteiger charge is -2.08. The van der Waals surface area contributed by atoms with Gasteiger partial charge in [0.1, 0.15) is 5.69 Å². The second-order valence-electron chi connectivity index (χ2n) is 5.96. The van der Waals surface area contributed by atoms with Crippen LogP contribution < -0.4 is 10.6 Å². The molecule has 0 atom stereocenters. The van der Waals surface area contributed by atoms with Gasteiger partial charge in [0.2, 0.25) is 5.95 Å². The van der Waals surface area contributed by atoms with Gasteiger partial charge >= 0.3 is 0 Å². The summed E-state index contributed by atoms with van der Waals surface area (Å²) in [5.74, 6) is 0.666. The molecule has 2 N–H and O–H groups in total. The Kier molecular flexibility index (Phi) is 6.01. The van der Waals surface area contributed by atoms with Crippen LogP contribution in [0.15, 0.2) is 36.5 Å². The lowest BCUT2D eigenvalue weighted by Crippen LogP contribution is -2.26. The molecule has 0 saturated carbocycles. The lowest BCUT2D eigenvalue weighted by atomic mass is 10.1. The molecule has 24 heavy (non-hydrogen) atoms. The third-order valence-electron chi connectivity index (χ3n) is 3.44. The van der Waals surface area contributed by atoms with E-state index in [2.05, 4.69) is 34.4 Å². The van der Waals surface area contributed by atoms with Crippen LogP contribution in [-0.4, -0.2) is 28.2 Å². The fraction of sp³-hybridized carbons (Fsp3) is 0.333. The lowest BCUT2D eigenvalue weighted by molar-refractivity contribution is 0.0946. The Morgan fingerprint density at radius 2 is 1.83 bits per heavy atom. The summed E-state index contributed by atoms with van der Waals surface area (Å²) < 4.78 is 0. The maximum absolute atomic E-state index is 12.1. The van der Waals surface area contributed by atoms with Crippen molar-refractivity contribution in [1.29, 1.82) is 0 Å². The summed E-state index contributed by atoms with van der Waals surface area (Å²) in [7, 11) is 0. The molecule has 0 aliphatic heterocycles. The number of benzene rings is 1. The quantitative estimate of drug-likeness (QED) is 0.763. The summed E-state index contributed by atoms with van der Waals surface area (Å²) >= 11 is 0. The molecule has 0 aliphatic carbocycles. The number of carbonyl (C=O) groups excluding carboxylic acids is 2. The molecule has 0 spiro atoms. The molecular weight excluding hydrogens is 304 g/mol. The van der Waals surface area contributed by atoms with Gasteiger partial charge in [0.15, 0.2) is 5.78 Å². The molecule has 126 valence electrons. The number of hydrogen-bond donors (Lipinski definition) is 2. The highest BCUT2D eigenvalue weighted by atomic mass is 16.1. The molecular formula is C18H22N4O2. The average Bonchev–Trinajstić information content (AvgIpc) is 2.55. The molecule has 1 aromatic heterocycles. The first-order valence-electron chi connectivity index (χ1n) is 7.95. The van der Waals surface area contributed by atoms with Gasteiger partial charge in [-0.3, -0.25) is 9.59 Å². The normalized spacial score (nSPS) is 10.5. The van der Waals surface area contributed by atoms with E-state index in [1.807, 2.05) is 0 Å². The van der Waals surface area contributed by atoms with Crippen LogP contribution in [0.4, 0.5) is 11.6 Å². The minimum Gasteiger partial charge on any atom is -0.351 e. The number of amides is 1. The summed E-state index contributed by atoms with van der Waals surface area (Å²) in [4.78, 5) is 31.7. The minimum absolute atomic E-state index is 0.0119. The molecule has 0 aliphatic rings. The number of hydrogen-bond acceptors (Lipinski definition) is 5. The van der Waals surface area contributed by atoms with Crippen molar-refractivity contribution in [3.63, 3.8) is 0 Å². The Labute approximate surface area is 141 Å². The Bertz CT molecular complexity index is 711. The van der Waals surface area contributed by atoms with E-state index in [9.17, 15) is 9.59 Å². The molecule has 2 aromatic rings. The molecule has 1 amide bonds. The smallest absolute Gasteiger partial charge is 0.270 e. The monoisotopic (exact) mass is 326 g/mol. The number of aromatic nitrogens is 2. The van der Waals surface area contributed by atoms with Crippen LogP contribution in [0.25, 0.3) is 0 Å². The van der Waals surface area contributed by atoms with E-state index in [1.54, 1.807) is 30.3 Å². The Morgan fingerprint density at radius 1 is 1.12 bits per heavy atom. The number of nitrogens with zero attached hydrogens (tertiary/aromatic N) is 2. The molecule has 1 aromatic carbocycles. The van der Waals surface area contributed by atoms with Crippen LogP contribution in [0, 0.1) is 5.92 Å². The third kappa shape index (κ3) is 5.15. The maximum atomic E-state index is 12.1. The summed E-state index contributed by atoms with van der Waals surface area (Å²) in [6.45, 7) is 6.36. The zero-order valence-corrected chi connectivity index (χ0v) is 14.2. The van der Waals surface area contributed by atoms with E-state index in [0.717, 1.165) is 12.1 Å². The van der Waals surface area contributed by atoms with Crippen LogP contribution in [0.3, 0.4) is 0 Å². The van der Waals surface area contributed by atoms with Gasteiger partial charge in [-0.2, -0.15) is 0 Å². The fourth-order valence-corrected chi connectivity index (χ4v) is 2.03. The number of carbonyl (C=O) groups is 2. The summed E-state index contributed by atoms with van der Waals surface area (Å²) in [6.07, 6.45) is 2.46. The van der Waals surface area contributed by atoms with E-state index < -0.39 is 0 Å². The van der Waals surface area contributed by atoms with Crippen molar-refractivity contribution < 1.29 is 9.59 Å². The van der Waals surface area contributed by atoms with Gasteiger partial charge in [-0.1, -0.05) is 13.8 Å². The first kappa shape index (κ1) is 17.6. The van der Waals surface area contributed by atoms with Crippen molar-refractivity contribution in [2.45, 2.75) is 27.2 Å². The number of Topliss-reactive ketones (excluding diaryl/α,β-unsaturated/α-hetero) is 1. The van der Waals surface area contributed by atoms with Crippen LogP contribution >= 0.6 is 0 Å². The Balaban J connectivity index is 2.01.